The number of hydrogen-bond donors (Lipinski definition) is 2. The van der Waals surface area contributed by atoms with Gasteiger partial charge in [-0.3, -0.25) is 0 Å². The summed E-state index contributed by atoms with van der Waals surface area (Å²) >= 11 is 0. The highest BCUT2D eigenvalue weighted by Crippen LogP contribution is 2.33. The smallest absolute Gasteiger partial charge is 0.163 e. The first kappa shape index (κ1) is 18.0. The maximum atomic E-state index is 10.3. The molecule has 0 bridgehead atoms. The van der Waals surface area contributed by atoms with Gasteiger partial charge in [0, 0.05) is 23.7 Å². The normalized spacial score (nSPS) is 10.5. The van der Waals surface area contributed by atoms with E-state index in [2.05, 4.69) is 29.0 Å². The van der Waals surface area contributed by atoms with Crippen molar-refractivity contribution >= 4 is 0 Å². The number of nitrogens with one attached hydrogen (secondary N) is 1. The van der Waals surface area contributed by atoms with Crippen molar-refractivity contribution in [2.75, 3.05) is 26.3 Å². The molecule has 1 unspecified atom stereocenters. The van der Waals surface area contributed by atoms with Crippen molar-refractivity contribution < 1.29 is 14.6 Å². The second-order valence-corrected chi connectivity index (χ2v) is 4.37. The van der Waals surface area contributed by atoms with E-state index in [1.165, 1.54) is 0 Å². The summed E-state index contributed by atoms with van der Waals surface area (Å²) < 4.78 is 10.8. The molecule has 0 saturated heterocycles. The summed E-state index contributed by atoms with van der Waals surface area (Å²) in [6, 6.07) is 3.18. The number of aliphatic hydroxyl groups excluding tert-OH is 1. The molecule has 0 heterocycles. The number of ether oxygens (including phenoxy) is 2. The van der Waals surface area contributed by atoms with E-state index in [9.17, 15) is 5.11 Å². The molecule has 23 heavy (non-hydrogen) atoms. The molecule has 1 aromatic rings. The molecule has 1 atom stereocenters. The third-order valence-corrected chi connectivity index (χ3v) is 2.82. The molecule has 0 saturated carbocycles. The highest BCUT2D eigenvalue weighted by Gasteiger charge is 2.17. The Kier molecular flexibility index (Phi) is 7.71. The van der Waals surface area contributed by atoms with Crippen molar-refractivity contribution in [3.63, 3.8) is 0 Å². The summed E-state index contributed by atoms with van der Waals surface area (Å²) in [6.45, 7) is 0.693. The van der Waals surface area contributed by atoms with E-state index in [1.54, 1.807) is 12.1 Å². The first-order chi connectivity index (χ1) is 11.2. The lowest BCUT2D eigenvalue weighted by Crippen LogP contribution is -2.22. The SMILES string of the molecule is C#CCNCC(O)c1cc(OCC#C)c(OCC#C)cc1C#C. The third-order valence-electron chi connectivity index (χ3n) is 2.82. The minimum atomic E-state index is -0.857. The second-order valence-electron chi connectivity index (χ2n) is 4.37. The summed E-state index contributed by atoms with van der Waals surface area (Å²) in [5.74, 6) is 10.4. The molecule has 0 spiro atoms. The number of benzene rings is 1. The summed E-state index contributed by atoms with van der Waals surface area (Å²) in [7, 11) is 0. The van der Waals surface area contributed by atoms with E-state index in [-0.39, 0.29) is 19.8 Å². The van der Waals surface area contributed by atoms with Gasteiger partial charge in [-0.2, -0.15) is 0 Å². The van der Waals surface area contributed by atoms with Gasteiger partial charge >= 0.3 is 0 Å². The molecule has 0 radical (unpaired) electrons. The lowest BCUT2D eigenvalue weighted by molar-refractivity contribution is 0.175. The fourth-order valence-corrected chi connectivity index (χ4v) is 1.83. The molecule has 0 aliphatic heterocycles. The van der Waals surface area contributed by atoms with Crippen LogP contribution in [0.2, 0.25) is 0 Å². The molecule has 0 amide bonds. The summed E-state index contributed by atoms with van der Waals surface area (Å²) in [5.41, 5.74) is 0.984. The zero-order valence-corrected chi connectivity index (χ0v) is 12.6. The van der Waals surface area contributed by atoms with Crippen LogP contribution < -0.4 is 14.8 Å². The fourth-order valence-electron chi connectivity index (χ4n) is 1.83. The molecule has 1 aromatic carbocycles. The third kappa shape index (κ3) is 5.35. The summed E-state index contributed by atoms with van der Waals surface area (Å²) in [5, 5.41) is 13.2. The average Bonchev–Trinajstić information content (AvgIpc) is 2.57. The van der Waals surface area contributed by atoms with Gasteiger partial charge in [-0.1, -0.05) is 23.7 Å². The summed E-state index contributed by atoms with van der Waals surface area (Å²) in [6.07, 6.45) is 20.2. The fraction of sp³-hybridized carbons (Fsp3) is 0.263. The quantitative estimate of drug-likeness (QED) is 0.554. The largest absolute Gasteiger partial charge is 0.477 e. The van der Waals surface area contributed by atoms with E-state index >= 15 is 0 Å². The highest BCUT2D eigenvalue weighted by molar-refractivity contribution is 5.53. The molecule has 0 aliphatic carbocycles. The van der Waals surface area contributed by atoms with Gasteiger partial charge in [0.15, 0.2) is 11.5 Å². The minimum absolute atomic E-state index is 0.0483. The average molecular weight is 307 g/mol. The van der Waals surface area contributed by atoms with Crippen LogP contribution in [0.25, 0.3) is 0 Å². The lowest BCUT2D eigenvalue weighted by Gasteiger charge is -2.17. The lowest BCUT2D eigenvalue weighted by atomic mass is 10.0. The van der Waals surface area contributed by atoms with Gasteiger partial charge in [-0.05, 0) is 6.07 Å². The molecule has 4 nitrogen and oxygen atoms in total. The number of terminal acetylenes is 4. The van der Waals surface area contributed by atoms with Crippen molar-refractivity contribution in [3.8, 4) is 60.9 Å². The molecule has 4 heteroatoms. The Bertz CT molecular complexity index is 696. The molecule has 0 aromatic heterocycles. The van der Waals surface area contributed by atoms with Gasteiger partial charge in [0.05, 0.1) is 12.6 Å². The van der Waals surface area contributed by atoms with Gasteiger partial charge in [0.1, 0.15) is 13.2 Å². The monoisotopic (exact) mass is 307 g/mol. The predicted octanol–water partition coefficient (Wildman–Crippen LogP) is 0.948. The molecule has 0 fully saturated rings. The Balaban J connectivity index is 3.14. The number of aliphatic hydroxyl groups is 1. The van der Waals surface area contributed by atoms with Crippen LogP contribution in [0.1, 0.15) is 17.2 Å². The van der Waals surface area contributed by atoms with Gasteiger partial charge in [-0.15, -0.1) is 25.7 Å². The summed E-state index contributed by atoms with van der Waals surface area (Å²) in [4.78, 5) is 0. The number of hydrogen-bond acceptors (Lipinski definition) is 4. The Morgan fingerprint density at radius 1 is 1.00 bits per heavy atom. The molecule has 0 aliphatic rings. The van der Waals surface area contributed by atoms with Crippen LogP contribution in [-0.2, 0) is 0 Å². The number of rotatable bonds is 8. The van der Waals surface area contributed by atoms with Crippen molar-refractivity contribution in [2.45, 2.75) is 6.10 Å². The molecule has 116 valence electrons. The zero-order valence-electron chi connectivity index (χ0n) is 12.6. The minimum Gasteiger partial charge on any atom is -0.477 e. The van der Waals surface area contributed by atoms with Crippen LogP contribution in [0.5, 0.6) is 11.5 Å². The second kappa shape index (κ2) is 9.83. The Labute approximate surface area is 137 Å². The van der Waals surface area contributed by atoms with E-state index in [1.807, 2.05) is 0 Å². The molecular weight excluding hydrogens is 290 g/mol. The van der Waals surface area contributed by atoms with Crippen LogP contribution in [0, 0.1) is 49.4 Å². The highest BCUT2D eigenvalue weighted by atomic mass is 16.5. The van der Waals surface area contributed by atoms with E-state index in [4.69, 9.17) is 35.2 Å². The zero-order chi connectivity index (χ0) is 17.1. The van der Waals surface area contributed by atoms with Crippen LogP contribution in [-0.4, -0.2) is 31.4 Å². The van der Waals surface area contributed by atoms with Crippen molar-refractivity contribution in [3.05, 3.63) is 23.3 Å². The van der Waals surface area contributed by atoms with Crippen LogP contribution in [0.15, 0.2) is 12.1 Å². The predicted molar refractivity (Wildman–Crippen MR) is 89.7 cm³/mol. The first-order valence-corrected chi connectivity index (χ1v) is 6.77. The molecular formula is C19H17NO3. The van der Waals surface area contributed by atoms with Crippen molar-refractivity contribution in [2.24, 2.45) is 0 Å². The van der Waals surface area contributed by atoms with Gasteiger partial charge in [-0.25, -0.2) is 0 Å². The van der Waals surface area contributed by atoms with Crippen molar-refractivity contribution in [1.29, 1.82) is 0 Å². The van der Waals surface area contributed by atoms with E-state index < -0.39 is 6.10 Å². The maximum absolute atomic E-state index is 10.3. The molecule has 1 rings (SSSR count). The van der Waals surface area contributed by atoms with Gasteiger partial charge < -0.3 is 19.9 Å². The van der Waals surface area contributed by atoms with Crippen LogP contribution in [0.4, 0.5) is 0 Å². The topological polar surface area (TPSA) is 50.7 Å². The maximum Gasteiger partial charge on any atom is 0.163 e. The Morgan fingerprint density at radius 3 is 2.13 bits per heavy atom. The van der Waals surface area contributed by atoms with Gasteiger partial charge in [0.2, 0.25) is 0 Å². The van der Waals surface area contributed by atoms with E-state index in [0.29, 0.717) is 29.2 Å². The Hall–Kier alpha value is -3.02. The van der Waals surface area contributed by atoms with Crippen molar-refractivity contribution in [1.82, 2.24) is 5.32 Å². The van der Waals surface area contributed by atoms with Crippen LogP contribution >= 0.6 is 0 Å². The first-order valence-electron chi connectivity index (χ1n) is 6.77. The standard InChI is InChI=1S/C19H17NO3/c1-5-9-20-14-17(21)16-13-19(23-11-7-3)18(22-10-6-2)12-15(16)8-4/h1-4,12-13,17,20-21H,9-11,14H2. The van der Waals surface area contributed by atoms with E-state index in [0.717, 1.165) is 0 Å². The Morgan fingerprint density at radius 2 is 1.61 bits per heavy atom. The molecule has 2 N–H and O–H groups in total. The van der Waals surface area contributed by atoms with Crippen LogP contribution in [0.3, 0.4) is 0 Å². The van der Waals surface area contributed by atoms with Gasteiger partial charge in [0.25, 0.3) is 0 Å².